The van der Waals surface area contributed by atoms with Gasteiger partial charge in [-0.15, -0.1) is 0 Å². The summed E-state index contributed by atoms with van der Waals surface area (Å²) in [5, 5.41) is 9.57. The summed E-state index contributed by atoms with van der Waals surface area (Å²) >= 11 is 0. The van der Waals surface area contributed by atoms with Crippen LogP contribution >= 0.6 is 0 Å². The summed E-state index contributed by atoms with van der Waals surface area (Å²) in [7, 11) is -3.74. The molecule has 0 spiro atoms. The van der Waals surface area contributed by atoms with Crippen LogP contribution in [0.1, 0.15) is 39.6 Å². The van der Waals surface area contributed by atoms with Crippen LogP contribution in [0.2, 0.25) is 0 Å². The third-order valence-electron chi connectivity index (χ3n) is 4.96. The highest BCUT2D eigenvalue weighted by atomic mass is 32.2. The predicted octanol–water partition coefficient (Wildman–Crippen LogP) is 3.20. The van der Waals surface area contributed by atoms with Crippen LogP contribution in [0.3, 0.4) is 0 Å². The normalized spacial score (nSPS) is 11.3. The number of hydrogen-bond donors (Lipinski definition) is 1. The quantitative estimate of drug-likeness (QED) is 0.393. The summed E-state index contributed by atoms with van der Waals surface area (Å²) < 4.78 is 33.9. The number of ketones is 1. The van der Waals surface area contributed by atoms with Crippen LogP contribution in [0.25, 0.3) is 10.9 Å². The van der Waals surface area contributed by atoms with Crippen molar-refractivity contribution in [2.45, 2.75) is 31.7 Å². The molecule has 166 valence electrons. The fraction of sp³-hybridized carbons (Fsp3) is 0.261. The highest BCUT2D eigenvalue weighted by Gasteiger charge is 2.20. The molecule has 9 heteroatoms. The second-order valence-electron chi connectivity index (χ2n) is 7.14. The Kier molecular flexibility index (Phi) is 7.08. The zero-order valence-electron chi connectivity index (χ0n) is 17.8. The Balaban J connectivity index is 1.80. The van der Waals surface area contributed by atoms with Crippen LogP contribution in [0.4, 0.5) is 0 Å². The van der Waals surface area contributed by atoms with E-state index < -0.39 is 22.6 Å². The number of carbonyl (C=O) groups excluding carboxylic acids is 2. The van der Waals surface area contributed by atoms with Gasteiger partial charge in [-0.25, -0.2) is 17.9 Å². The van der Waals surface area contributed by atoms with E-state index in [0.717, 1.165) is 5.52 Å². The Morgan fingerprint density at radius 1 is 1.16 bits per heavy atom. The van der Waals surface area contributed by atoms with Crippen molar-refractivity contribution in [2.24, 2.45) is 0 Å². The summed E-state index contributed by atoms with van der Waals surface area (Å²) in [5.41, 5.74) is 1.82. The Morgan fingerprint density at radius 2 is 1.91 bits per heavy atom. The number of nitrogens with zero attached hydrogens (tertiary/aromatic N) is 2. The number of aryl methyl sites for hydroxylation is 2. The van der Waals surface area contributed by atoms with Crippen molar-refractivity contribution < 1.29 is 22.7 Å². The lowest BCUT2D eigenvalue weighted by molar-refractivity contribution is 0.0474. The van der Waals surface area contributed by atoms with Crippen molar-refractivity contribution in [3.63, 3.8) is 0 Å². The van der Waals surface area contributed by atoms with Gasteiger partial charge >= 0.3 is 5.97 Å². The van der Waals surface area contributed by atoms with E-state index in [9.17, 15) is 18.0 Å². The Labute approximate surface area is 186 Å². The van der Waals surface area contributed by atoms with E-state index in [1.807, 2.05) is 16.7 Å². The van der Waals surface area contributed by atoms with Crippen molar-refractivity contribution in [2.75, 3.05) is 13.2 Å². The van der Waals surface area contributed by atoms with Gasteiger partial charge in [0.1, 0.15) is 0 Å². The molecular weight excluding hydrogens is 430 g/mol. The van der Waals surface area contributed by atoms with Crippen molar-refractivity contribution in [3.05, 3.63) is 65.4 Å². The van der Waals surface area contributed by atoms with Gasteiger partial charge in [0.15, 0.2) is 6.61 Å². The van der Waals surface area contributed by atoms with Crippen molar-refractivity contribution >= 4 is 32.7 Å². The van der Waals surface area contributed by atoms with E-state index in [0.29, 0.717) is 29.5 Å². The number of nitriles is 1. The second-order valence-corrected chi connectivity index (χ2v) is 8.91. The highest BCUT2D eigenvalue weighted by Crippen LogP contribution is 2.23. The average molecular weight is 454 g/mol. The highest BCUT2D eigenvalue weighted by molar-refractivity contribution is 7.89. The summed E-state index contributed by atoms with van der Waals surface area (Å²) in [5.74, 6) is -1.17. The van der Waals surface area contributed by atoms with Crippen LogP contribution in [-0.4, -0.2) is 37.9 Å². The van der Waals surface area contributed by atoms with Gasteiger partial charge in [0.05, 0.1) is 22.9 Å². The van der Waals surface area contributed by atoms with Crippen LogP contribution in [0, 0.1) is 18.3 Å². The molecule has 3 aromatic rings. The SMILES string of the molecule is CCNS(=O)(=O)c1ccc(C)c(C(=O)OCC(=O)c2cn(CCC#N)c3ccccc23)c1. The van der Waals surface area contributed by atoms with E-state index in [4.69, 9.17) is 10.00 Å². The topological polar surface area (TPSA) is 118 Å². The number of para-hydroxylation sites is 1. The lowest BCUT2D eigenvalue weighted by Crippen LogP contribution is -2.23. The van der Waals surface area contributed by atoms with Gasteiger partial charge in [-0.1, -0.05) is 31.2 Å². The number of esters is 1. The summed E-state index contributed by atoms with van der Waals surface area (Å²) in [4.78, 5) is 25.4. The molecule has 1 aromatic heterocycles. The number of ether oxygens (including phenoxy) is 1. The molecule has 2 aromatic carbocycles. The van der Waals surface area contributed by atoms with Gasteiger partial charge in [0.2, 0.25) is 15.8 Å². The minimum atomic E-state index is -3.74. The maximum atomic E-state index is 12.8. The third-order valence-corrected chi connectivity index (χ3v) is 6.50. The Hall–Kier alpha value is -3.48. The van der Waals surface area contributed by atoms with Crippen LogP contribution in [0.15, 0.2) is 53.6 Å². The zero-order valence-corrected chi connectivity index (χ0v) is 18.6. The Bertz CT molecular complexity index is 1320. The van der Waals surface area contributed by atoms with E-state index in [1.54, 1.807) is 32.2 Å². The molecule has 32 heavy (non-hydrogen) atoms. The monoisotopic (exact) mass is 453 g/mol. The molecule has 8 nitrogen and oxygen atoms in total. The standard InChI is InChI=1S/C23H23N3O5S/c1-3-25-32(29,30)17-10-9-16(2)19(13-17)23(28)31-15-22(27)20-14-26(12-6-11-24)21-8-5-4-7-18(20)21/h4-5,7-10,13-14,25H,3,6,12,15H2,1-2H3. The van der Waals surface area contributed by atoms with E-state index in [1.165, 1.54) is 18.2 Å². The van der Waals surface area contributed by atoms with E-state index in [2.05, 4.69) is 10.8 Å². The van der Waals surface area contributed by atoms with Gasteiger partial charge < -0.3 is 9.30 Å². The molecule has 0 saturated carbocycles. The number of aromatic nitrogens is 1. The second kappa shape index (κ2) is 9.77. The Morgan fingerprint density at radius 3 is 2.62 bits per heavy atom. The first-order chi connectivity index (χ1) is 15.3. The number of sulfonamides is 1. The number of nitrogens with one attached hydrogen (secondary N) is 1. The van der Waals surface area contributed by atoms with Gasteiger partial charge in [-0.3, -0.25) is 4.79 Å². The fourth-order valence-corrected chi connectivity index (χ4v) is 4.44. The molecule has 0 atom stereocenters. The predicted molar refractivity (Wildman–Crippen MR) is 119 cm³/mol. The molecule has 0 aliphatic rings. The summed E-state index contributed by atoms with van der Waals surface area (Å²) in [6, 6.07) is 13.6. The summed E-state index contributed by atoms with van der Waals surface area (Å²) in [6.45, 7) is 3.48. The van der Waals surface area contributed by atoms with Gasteiger partial charge in [0.25, 0.3) is 0 Å². The maximum absolute atomic E-state index is 12.8. The minimum absolute atomic E-state index is 0.0520. The largest absolute Gasteiger partial charge is 0.454 e. The van der Waals surface area contributed by atoms with Crippen LogP contribution < -0.4 is 4.72 Å². The molecule has 0 amide bonds. The molecule has 0 fully saturated rings. The van der Waals surface area contributed by atoms with Gasteiger partial charge in [-0.05, 0) is 30.7 Å². The zero-order chi connectivity index (χ0) is 23.3. The van der Waals surface area contributed by atoms with Crippen molar-refractivity contribution in [3.8, 4) is 6.07 Å². The third kappa shape index (κ3) is 4.88. The lowest BCUT2D eigenvalue weighted by atomic mass is 10.1. The van der Waals surface area contributed by atoms with Crippen LogP contribution in [-0.2, 0) is 21.3 Å². The van der Waals surface area contributed by atoms with Gasteiger partial charge in [-0.2, -0.15) is 5.26 Å². The number of fused-ring (bicyclic) bond motifs is 1. The summed E-state index contributed by atoms with van der Waals surface area (Å²) in [6.07, 6.45) is 1.96. The molecule has 0 aliphatic heterocycles. The maximum Gasteiger partial charge on any atom is 0.338 e. The molecule has 1 heterocycles. The molecule has 0 aliphatic carbocycles. The molecule has 1 N–H and O–H groups in total. The molecule has 3 rings (SSSR count). The smallest absolute Gasteiger partial charge is 0.338 e. The first-order valence-electron chi connectivity index (χ1n) is 10.0. The van der Waals surface area contributed by atoms with E-state index >= 15 is 0 Å². The van der Waals surface area contributed by atoms with Gasteiger partial charge in [0, 0.05) is 35.8 Å². The number of carbonyl (C=O) groups is 2. The first-order valence-corrected chi connectivity index (χ1v) is 11.5. The minimum Gasteiger partial charge on any atom is -0.454 e. The lowest BCUT2D eigenvalue weighted by Gasteiger charge is -2.10. The number of Topliss-reactive ketones (excluding diaryl/α,β-unsaturated/α-hetero) is 1. The van der Waals surface area contributed by atoms with E-state index in [-0.39, 0.29) is 22.8 Å². The average Bonchev–Trinajstić information content (AvgIpc) is 3.14. The fourth-order valence-electron chi connectivity index (χ4n) is 3.37. The molecule has 0 radical (unpaired) electrons. The van der Waals surface area contributed by atoms with Crippen LogP contribution in [0.5, 0.6) is 0 Å². The van der Waals surface area contributed by atoms with Crippen molar-refractivity contribution in [1.82, 2.24) is 9.29 Å². The number of hydrogen-bond acceptors (Lipinski definition) is 6. The molecule has 0 unspecified atom stereocenters. The van der Waals surface area contributed by atoms with Crippen molar-refractivity contribution in [1.29, 1.82) is 5.26 Å². The molecule has 0 bridgehead atoms. The first kappa shape index (κ1) is 23.2. The number of benzene rings is 2. The number of rotatable bonds is 9. The molecular formula is C23H23N3O5S. The molecule has 0 saturated heterocycles.